The van der Waals surface area contributed by atoms with E-state index in [1.165, 1.54) is 12.7 Å². The van der Waals surface area contributed by atoms with Crippen molar-refractivity contribution in [2.24, 2.45) is 5.92 Å². The van der Waals surface area contributed by atoms with Crippen molar-refractivity contribution in [2.75, 3.05) is 17.7 Å². The Balaban J connectivity index is 2.02. The normalized spacial score (nSPS) is 10.6. The molecule has 0 aliphatic carbocycles. The van der Waals surface area contributed by atoms with Crippen molar-refractivity contribution >= 4 is 40.5 Å². The maximum atomic E-state index is 12.4. The van der Waals surface area contributed by atoms with Crippen LogP contribution in [0.5, 0.6) is 5.75 Å². The molecule has 6 nitrogen and oxygen atoms in total. The number of anilines is 2. The molecule has 0 atom stereocenters. The molecule has 2 amide bonds. The van der Waals surface area contributed by atoms with Crippen molar-refractivity contribution in [1.29, 1.82) is 0 Å². The zero-order chi connectivity index (χ0) is 21.6. The van der Waals surface area contributed by atoms with Crippen molar-refractivity contribution in [2.45, 2.75) is 33.6 Å². The first-order chi connectivity index (χ1) is 13.7. The van der Waals surface area contributed by atoms with E-state index in [4.69, 9.17) is 17.0 Å². The first kappa shape index (κ1) is 22.4. The number of rotatable bonds is 6. The van der Waals surface area contributed by atoms with Crippen molar-refractivity contribution in [3.05, 3.63) is 53.6 Å². The Labute approximate surface area is 177 Å². The number of benzene rings is 2. The number of thiocarbonyl (C=S) groups is 1. The lowest BCUT2D eigenvalue weighted by Gasteiger charge is -2.15. The molecule has 0 aliphatic rings. The minimum atomic E-state index is -0.286. The number of methoxy groups -OCH3 is 1. The van der Waals surface area contributed by atoms with Gasteiger partial charge in [-0.2, -0.15) is 0 Å². The van der Waals surface area contributed by atoms with Gasteiger partial charge in [-0.25, -0.2) is 0 Å². The molecule has 154 valence electrons. The first-order valence-corrected chi connectivity index (χ1v) is 9.83. The third kappa shape index (κ3) is 6.29. The summed E-state index contributed by atoms with van der Waals surface area (Å²) in [5.74, 6) is 0.358. The van der Waals surface area contributed by atoms with Crippen LogP contribution in [-0.2, 0) is 4.79 Å². The number of carbonyl (C=O) groups is 2. The molecule has 0 saturated heterocycles. The summed E-state index contributed by atoms with van der Waals surface area (Å²) in [6.45, 7) is 7.83. The maximum Gasteiger partial charge on any atom is 0.257 e. The van der Waals surface area contributed by atoms with Crippen LogP contribution < -0.4 is 20.7 Å². The molecular formula is C22H27N3O3S. The van der Waals surface area contributed by atoms with Gasteiger partial charge in [0.1, 0.15) is 5.75 Å². The molecule has 3 N–H and O–H groups in total. The number of ether oxygens (including phenoxy) is 1. The third-order valence-corrected chi connectivity index (χ3v) is 4.51. The molecular weight excluding hydrogens is 386 g/mol. The zero-order valence-corrected chi connectivity index (χ0v) is 18.1. The molecule has 0 spiro atoms. The minimum absolute atomic E-state index is 0.102. The molecule has 0 saturated carbocycles. The second kappa shape index (κ2) is 10.0. The van der Waals surface area contributed by atoms with Crippen molar-refractivity contribution in [3.8, 4) is 5.75 Å². The molecule has 2 aromatic carbocycles. The van der Waals surface area contributed by atoms with Crippen LogP contribution >= 0.6 is 12.2 Å². The van der Waals surface area contributed by atoms with Crippen LogP contribution in [0.1, 0.15) is 49.5 Å². The highest BCUT2D eigenvalue weighted by molar-refractivity contribution is 7.80. The van der Waals surface area contributed by atoms with Gasteiger partial charge >= 0.3 is 0 Å². The number of carbonyl (C=O) groups excluding carboxylic acids is 2. The van der Waals surface area contributed by atoms with E-state index >= 15 is 0 Å². The van der Waals surface area contributed by atoms with Gasteiger partial charge in [-0.1, -0.05) is 39.8 Å². The molecule has 0 aliphatic heterocycles. The molecule has 0 unspecified atom stereocenters. The lowest BCUT2D eigenvalue weighted by atomic mass is 10.0. The van der Waals surface area contributed by atoms with E-state index in [1.807, 2.05) is 26.0 Å². The Hall–Kier alpha value is -2.93. The predicted octanol–water partition coefficient (Wildman–Crippen LogP) is 4.54. The minimum Gasteiger partial charge on any atom is -0.494 e. The van der Waals surface area contributed by atoms with E-state index in [9.17, 15) is 9.59 Å². The molecule has 0 fully saturated rings. The Morgan fingerprint density at radius 1 is 0.966 bits per heavy atom. The van der Waals surface area contributed by atoms with Gasteiger partial charge in [0, 0.05) is 23.2 Å². The Kier molecular flexibility index (Phi) is 7.73. The van der Waals surface area contributed by atoms with E-state index in [2.05, 4.69) is 29.8 Å². The van der Waals surface area contributed by atoms with E-state index in [1.54, 1.807) is 30.3 Å². The fraction of sp³-hybridized carbons (Fsp3) is 0.318. The summed E-state index contributed by atoms with van der Waals surface area (Å²) in [4.78, 5) is 24.3. The second-order valence-electron chi connectivity index (χ2n) is 7.24. The van der Waals surface area contributed by atoms with Gasteiger partial charge in [-0.3, -0.25) is 14.9 Å². The summed E-state index contributed by atoms with van der Waals surface area (Å²) in [5, 5.41) is 8.60. The largest absolute Gasteiger partial charge is 0.494 e. The van der Waals surface area contributed by atoms with Crippen molar-refractivity contribution in [3.63, 3.8) is 0 Å². The Bertz CT molecular complexity index is 893. The van der Waals surface area contributed by atoms with E-state index < -0.39 is 0 Å². The summed E-state index contributed by atoms with van der Waals surface area (Å²) in [5.41, 5.74) is 2.89. The highest BCUT2D eigenvalue weighted by Gasteiger charge is 2.13. The van der Waals surface area contributed by atoms with Crippen molar-refractivity contribution in [1.82, 2.24) is 5.32 Å². The summed E-state index contributed by atoms with van der Waals surface area (Å²) >= 11 is 5.24. The van der Waals surface area contributed by atoms with Gasteiger partial charge in [0.2, 0.25) is 5.91 Å². The van der Waals surface area contributed by atoms with Crippen LogP contribution in [0.25, 0.3) is 0 Å². The van der Waals surface area contributed by atoms with Gasteiger partial charge in [-0.05, 0) is 48.0 Å². The number of hydrogen-bond donors (Lipinski definition) is 3. The van der Waals surface area contributed by atoms with Crippen LogP contribution in [0.4, 0.5) is 11.4 Å². The van der Waals surface area contributed by atoms with Gasteiger partial charge in [0.25, 0.3) is 5.91 Å². The van der Waals surface area contributed by atoms with Gasteiger partial charge in [-0.15, -0.1) is 0 Å². The molecule has 2 rings (SSSR count). The number of hydrogen-bond acceptors (Lipinski definition) is 4. The lowest BCUT2D eigenvalue weighted by Crippen LogP contribution is -2.34. The highest BCUT2D eigenvalue weighted by atomic mass is 32.1. The van der Waals surface area contributed by atoms with Gasteiger partial charge in [0.15, 0.2) is 5.11 Å². The summed E-state index contributed by atoms with van der Waals surface area (Å²) in [7, 11) is 1.52. The smallest absolute Gasteiger partial charge is 0.257 e. The maximum absolute atomic E-state index is 12.4. The van der Waals surface area contributed by atoms with Crippen LogP contribution in [0.15, 0.2) is 42.5 Å². The van der Waals surface area contributed by atoms with Gasteiger partial charge in [0.05, 0.1) is 12.8 Å². The SMILES string of the molecule is COc1cc(NC(=S)NC(=O)c2ccc(C(C)C)cc2)ccc1NC(=O)C(C)C. The number of amides is 2. The first-order valence-electron chi connectivity index (χ1n) is 9.42. The van der Waals surface area contributed by atoms with Crippen LogP contribution in [0.2, 0.25) is 0 Å². The quantitative estimate of drug-likeness (QED) is 0.606. The standard InChI is InChI=1S/C22H27N3O3S/c1-13(2)15-6-8-16(9-7-15)21(27)25-22(29)23-17-10-11-18(19(12-17)28-5)24-20(26)14(3)4/h6-14H,1-5H3,(H,24,26)(H2,23,25,27,29). The van der Waals surface area contributed by atoms with E-state index in [0.29, 0.717) is 28.6 Å². The molecule has 0 radical (unpaired) electrons. The van der Waals surface area contributed by atoms with Crippen LogP contribution in [-0.4, -0.2) is 24.0 Å². The third-order valence-electron chi connectivity index (χ3n) is 4.31. The lowest BCUT2D eigenvalue weighted by molar-refractivity contribution is -0.118. The molecule has 0 heterocycles. The van der Waals surface area contributed by atoms with E-state index in [-0.39, 0.29) is 22.8 Å². The zero-order valence-electron chi connectivity index (χ0n) is 17.3. The monoisotopic (exact) mass is 413 g/mol. The average molecular weight is 414 g/mol. The topological polar surface area (TPSA) is 79.5 Å². The summed E-state index contributed by atoms with van der Waals surface area (Å²) in [6.07, 6.45) is 0. The predicted molar refractivity (Wildman–Crippen MR) is 121 cm³/mol. The molecule has 0 aromatic heterocycles. The second-order valence-corrected chi connectivity index (χ2v) is 7.65. The fourth-order valence-corrected chi connectivity index (χ4v) is 2.72. The summed E-state index contributed by atoms with van der Waals surface area (Å²) in [6, 6.07) is 12.6. The Morgan fingerprint density at radius 2 is 1.62 bits per heavy atom. The molecule has 29 heavy (non-hydrogen) atoms. The highest BCUT2D eigenvalue weighted by Crippen LogP contribution is 2.28. The number of nitrogens with one attached hydrogen (secondary N) is 3. The molecule has 0 bridgehead atoms. The Morgan fingerprint density at radius 3 is 2.17 bits per heavy atom. The summed E-state index contributed by atoms with van der Waals surface area (Å²) < 4.78 is 5.34. The van der Waals surface area contributed by atoms with Crippen LogP contribution in [0, 0.1) is 5.92 Å². The van der Waals surface area contributed by atoms with Crippen molar-refractivity contribution < 1.29 is 14.3 Å². The molecule has 2 aromatic rings. The van der Waals surface area contributed by atoms with E-state index in [0.717, 1.165) is 0 Å². The van der Waals surface area contributed by atoms with Gasteiger partial charge < -0.3 is 15.4 Å². The molecule has 7 heteroatoms. The van der Waals surface area contributed by atoms with Crippen LogP contribution in [0.3, 0.4) is 0 Å². The average Bonchev–Trinajstić information content (AvgIpc) is 2.68. The fourth-order valence-electron chi connectivity index (χ4n) is 2.51.